The highest BCUT2D eigenvalue weighted by Gasteiger charge is 2.61. The molecule has 34 heavy (non-hydrogen) atoms. The highest BCUT2D eigenvalue weighted by atomic mass is 32.1. The van der Waals surface area contributed by atoms with Crippen molar-refractivity contribution in [3.8, 4) is 0 Å². The lowest BCUT2D eigenvalue weighted by molar-refractivity contribution is -0.145. The van der Waals surface area contributed by atoms with Gasteiger partial charge in [-0.15, -0.1) is 0 Å². The van der Waals surface area contributed by atoms with Gasteiger partial charge in [0.25, 0.3) is 0 Å². The van der Waals surface area contributed by atoms with Gasteiger partial charge in [-0.1, -0.05) is 13.8 Å². The van der Waals surface area contributed by atoms with Gasteiger partial charge in [-0.25, -0.2) is 0 Å². The molecule has 3 saturated carbocycles. The van der Waals surface area contributed by atoms with Gasteiger partial charge >= 0.3 is 0 Å². The van der Waals surface area contributed by atoms with Crippen LogP contribution in [0.15, 0.2) is 0 Å². The minimum absolute atomic E-state index is 0.0405. The molecule has 1 heterocycles. The van der Waals surface area contributed by atoms with E-state index >= 15 is 0 Å². The molecule has 0 bridgehead atoms. The Hall–Kier alpha value is -1.21. The second-order valence-corrected chi connectivity index (χ2v) is 12.0. The van der Waals surface area contributed by atoms with Gasteiger partial charge in [0.05, 0.1) is 0 Å². The zero-order valence-corrected chi connectivity index (χ0v) is 22.5. The number of nitrogens with one attached hydrogen (secondary N) is 2. The van der Waals surface area contributed by atoms with Crippen LogP contribution < -0.4 is 10.6 Å². The molecule has 4 fully saturated rings. The molecule has 4 rings (SSSR count). The number of piperidine rings is 1. The summed E-state index contributed by atoms with van der Waals surface area (Å²) >= 11 is 5.65. The number of ether oxygens (including phenoxy) is 1. The van der Waals surface area contributed by atoms with Crippen molar-refractivity contribution in [3.05, 3.63) is 0 Å². The van der Waals surface area contributed by atoms with Gasteiger partial charge in [-0.2, -0.15) is 0 Å². The predicted molar refractivity (Wildman–Crippen MR) is 138 cm³/mol. The topological polar surface area (TPSA) is 70.7 Å². The molecule has 2 unspecified atom stereocenters. The zero-order chi connectivity index (χ0) is 24.5. The SMILES string of the molecule is CCNC(=S)N(CCCOCC)C(=O)C1CC[C@H]2[C@@H]3CCC4NC(=O)CC[C@]4(C)[C@@H]3CC[C@]12C. The minimum atomic E-state index is 0.0405. The van der Waals surface area contributed by atoms with Gasteiger partial charge in [0.2, 0.25) is 11.8 Å². The van der Waals surface area contributed by atoms with Crippen molar-refractivity contribution in [3.63, 3.8) is 0 Å². The fourth-order valence-corrected chi connectivity index (χ4v) is 8.65. The maximum absolute atomic E-state index is 14.0. The summed E-state index contributed by atoms with van der Waals surface area (Å²) in [7, 11) is 0. The molecule has 0 aromatic heterocycles. The van der Waals surface area contributed by atoms with E-state index in [0.29, 0.717) is 55.1 Å². The Morgan fingerprint density at radius 3 is 2.62 bits per heavy atom. The number of fused-ring (bicyclic) bond motifs is 5. The number of hydrogen-bond acceptors (Lipinski definition) is 4. The first-order chi connectivity index (χ1) is 16.3. The molecule has 1 aliphatic heterocycles. The Kier molecular flexibility index (Phi) is 7.93. The summed E-state index contributed by atoms with van der Waals surface area (Å²) in [4.78, 5) is 27.9. The first kappa shape index (κ1) is 25.9. The van der Waals surface area contributed by atoms with E-state index in [1.165, 1.54) is 12.8 Å². The quantitative estimate of drug-likeness (QED) is 0.411. The van der Waals surface area contributed by atoms with E-state index in [0.717, 1.165) is 45.1 Å². The number of thiocarbonyl (C=S) groups is 1. The highest BCUT2D eigenvalue weighted by molar-refractivity contribution is 7.80. The highest BCUT2D eigenvalue weighted by Crippen LogP contribution is 2.65. The third-order valence-electron chi connectivity index (χ3n) is 10.1. The van der Waals surface area contributed by atoms with Crippen LogP contribution in [-0.4, -0.2) is 54.2 Å². The molecule has 7 atom stereocenters. The molecule has 192 valence electrons. The first-order valence-electron chi connectivity index (χ1n) is 13.7. The fraction of sp³-hybridized carbons (Fsp3) is 0.889. The van der Waals surface area contributed by atoms with Gasteiger partial charge in [0.15, 0.2) is 5.11 Å². The lowest BCUT2D eigenvalue weighted by Crippen LogP contribution is -2.61. The van der Waals surface area contributed by atoms with Crippen LogP contribution >= 0.6 is 12.2 Å². The number of nitrogens with zero attached hydrogens (tertiary/aromatic N) is 1. The van der Waals surface area contributed by atoms with Gasteiger partial charge in [-0.05, 0) is 106 Å². The van der Waals surface area contributed by atoms with E-state index in [1.807, 2.05) is 18.7 Å². The van der Waals surface area contributed by atoms with Crippen molar-refractivity contribution in [2.45, 2.75) is 91.5 Å². The fourth-order valence-electron chi connectivity index (χ4n) is 8.32. The standard InChI is InChI=1S/C27H45N3O3S/c1-5-28-25(34)30(16-7-17-33-6-2)24(32)21-10-9-19-18-8-11-22-27(4,15-13-23(31)29-22)20(18)12-14-26(19,21)3/h18-22H,5-17H2,1-4H3,(H,28,34)(H,29,31)/t18-,19-,20+,21?,22?,26-,27+/m0/s1. The molecular weight excluding hydrogens is 446 g/mol. The number of carbonyl (C=O) groups is 2. The zero-order valence-electron chi connectivity index (χ0n) is 21.7. The molecule has 1 saturated heterocycles. The van der Waals surface area contributed by atoms with Crippen LogP contribution in [0.4, 0.5) is 0 Å². The third kappa shape index (κ3) is 4.52. The monoisotopic (exact) mass is 491 g/mol. The van der Waals surface area contributed by atoms with Gasteiger partial charge < -0.3 is 15.4 Å². The molecular formula is C27H45N3O3S. The summed E-state index contributed by atoms with van der Waals surface area (Å²) in [5, 5.41) is 7.11. The molecule has 3 aliphatic carbocycles. The first-order valence-corrected chi connectivity index (χ1v) is 14.1. The van der Waals surface area contributed by atoms with E-state index in [9.17, 15) is 9.59 Å². The van der Waals surface area contributed by atoms with Crippen LogP contribution in [0.1, 0.15) is 85.5 Å². The van der Waals surface area contributed by atoms with Crippen molar-refractivity contribution in [2.75, 3.05) is 26.3 Å². The van der Waals surface area contributed by atoms with E-state index < -0.39 is 0 Å². The average Bonchev–Trinajstić information content (AvgIpc) is 3.16. The number of rotatable bonds is 7. The van der Waals surface area contributed by atoms with Gasteiger partial charge in [0.1, 0.15) is 0 Å². The molecule has 0 spiro atoms. The second kappa shape index (κ2) is 10.4. The van der Waals surface area contributed by atoms with E-state index in [2.05, 4.69) is 24.5 Å². The van der Waals surface area contributed by atoms with Crippen molar-refractivity contribution >= 4 is 29.1 Å². The molecule has 2 N–H and O–H groups in total. The molecule has 0 aromatic rings. The summed E-state index contributed by atoms with van der Waals surface area (Å²) in [5.41, 5.74) is 0.248. The predicted octanol–water partition coefficient (Wildman–Crippen LogP) is 4.27. The van der Waals surface area contributed by atoms with Crippen LogP contribution in [0.3, 0.4) is 0 Å². The molecule has 0 radical (unpaired) electrons. The largest absolute Gasteiger partial charge is 0.382 e. The van der Waals surface area contributed by atoms with Crippen LogP contribution in [0.5, 0.6) is 0 Å². The number of amides is 2. The average molecular weight is 492 g/mol. The van der Waals surface area contributed by atoms with Crippen LogP contribution in [0.2, 0.25) is 0 Å². The van der Waals surface area contributed by atoms with Gasteiger partial charge in [0, 0.05) is 44.7 Å². The molecule has 4 aliphatic rings. The Labute approximate surface area is 211 Å². The van der Waals surface area contributed by atoms with Crippen molar-refractivity contribution < 1.29 is 14.3 Å². The lowest BCUT2D eigenvalue weighted by atomic mass is 9.47. The Balaban J connectivity index is 1.50. The van der Waals surface area contributed by atoms with Crippen molar-refractivity contribution in [2.24, 2.45) is 34.5 Å². The van der Waals surface area contributed by atoms with Crippen LogP contribution in [0.25, 0.3) is 0 Å². The van der Waals surface area contributed by atoms with Crippen LogP contribution in [-0.2, 0) is 14.3 Å². The van der Waals surface area contributed by atoms with Gasteiger partial charge in [-0.3, -0.25) is 14.5 Å². The maximum Gasteiger partial charge on any atom is 0.232 e. The summed E-state index contributed by atoms with van der Waals surface area (Å²) < 4.78 is 5.53. The third-order valence-corrected chi connectivity index (χ3v) is 10.5. The summed E-state index contributed by atoms with van der Waals surface area (Å²) in [6.07, 6.45) is 9.13. The molecule has 7 heteroatoms. The number of hydrogen-bond donors (Lipinski definition) is 2. The smallest absolute Gasteiger partial charge is 0.232 e. The normalized spacial score (nSPS) is 38.8. The van der Waals surface area contributed by atoms with E-state index in [1.54, 1.807) is 0 Å². The van der Waals surface area contributed by atoms with Crippen LogP contribution in [0, 0.1) is 34.5 Å². The second-order valence-electron chi connectivity index (χ2n) is 11.6. The Morgan fingerprint density at radius 1 is 1.12 bits per heavy atom. The molecule has 2 amide bonds. The van der Waals surface area contributed by atoms with Crippen molar-refractivity contribution in [1.82, 2.24) is 15.5 Å². The van der Waals surface area contributed by atoms with Crippen molar-refractivity contribution in [1.29, 1.82) is 0 Å². The summed E-state index contributed by atoms with van der Waals surface area (Å²) in [5.74, 6) is 2.40. The minimum Gasteiger partial charge on any atom is -0.382 e. The molecule has 0 aromatic carbocycles. The summed E-state index contributed by atoms with van der Waals surface area (Å²) in [6, 6.07) is 0.330. The Morgan fingerprint density at radius 2 is 1.88 bits per heavy atom. The lowest BCUT2D eigenvalue weighted by Gasteiger charge is -2.60. The Bertz CT molecular complexity index is 791. The number of carbonyl (C=O) groups excluding carboxylic acids is 2. The van der Waals surface area contributed by atoms with E-state index in [-0.39, 0.29) is 28.6 Å². The molecule has 6 nitrogen and oxygen atoms in total. The summed E-state index contributed by atoms with van der Waals surface area (Å²) in [6.45, 7) is 11.5. The van der Waals surface area contributed by atoms with E-state index in [4.69, 9.17) is 17.0 Å². The maximum atomic E-state index is 14.0.